The van der Waals surface area contributed by atoms with Crippen LogP contribution in [0, 0.1) is 6.92 Å². The van der Waals surface area contributed by atoms with Gasteiger partial charge in [-0.2, -0.15) is 0 Å². The van der Waals surface area contributed by atoms with E-state index in [4.69, 9.17) is 0 Å². The van der Waals surface area contributed by atoms with Gasteiger partial charge in [-0.1, -0.05) is 12.1 Å². The number of hydrogen-bond donors (Lipinski definition) is 1. The number of aromatic nitrogens is 1. The van der Waals surface area contributed by atoms with Gasteiger partial charge >= 0.3 is 0 Å². The van der Waals surface area contributed by atoms with Gasteiger partial charge in [0.2, 0.25) is 0 Å². The summed E-state index contributed by atoms with van der Waals surface area (Å²) in [6.45, 7) is 8.33. The van der Waals surface area contributed by atoms with Crippen molar-refractivity contribution in [2.75, 3.05) is 0 Å². The van der Waals surface area contributed by atoms with Crippen molar-refractivity contribution in [2.45, 2.75) is 46.3 Å². The molecule has 2 aromatic rings. The molecule has 1 N–H and O–H groups in total. The molecule has 0 radical (unpaired) electrons. The molecule has 1 aromatic carbocycles. The van der Waals surface area contributed by atoms with Gasteiger partial charge in [-0.05, 0) is 44.9 Å². The van der Waals surface area contributed by atoms with Gasteiger partial charge in [-0.15, -0.1) is 0 Å². The lowest BCUT2D eigenvalue weighted by Gasteiger charge is -2.09. The van der Waals surface area contributed by atoms with Crippen molar-refractivity contribution in [3.8, 4) is 0 Å². The summed E-state index contributed by atoms with van der Waals surface area (Å²) in [6.07, 6.45) is 2.61. The third kappa shape index (κ3) is 2.37. The maximum atomic E-state index is 9.56. The van der Waals surface area contributed by atoms with Gasteiger partial charge in [0.05, 0.1) is 6.10 Å². The van der Waals surface area contributed by atoms with Crippen LogP contribution in [0.2, 0.25) is 0 Å². The molecule has 0 amide bonds. The van der Waals surface area contributed by atoms with Crippen molar-refractivity contribution in [2.24, 2.45) is 0 Å². The molecule has 1 unspecified atom stereocenters. The minimum atomic E-state index is -0.289. The monoisotopic (exact) mass is 231 g/mol. The number of nitrogens with zero attached hydrogens (tertiary/aromatic N) is 1. The second-order valence-corrected chi connectivity index (χ2v) is 5.23. The zero-order valence-corrected chi connectivity index (χ0v) is 11.1. The third-order valence-corrected chi connectivity index (χ3v) is 3.14. The van der Waals surface area contributed by atoms with Gasteiger partial charge in [0.1, 0.15) is 0 Å². The molecule has 0 saturated heterocycles. The lowest BCUT2D eigenvalue weighted by molar-refractivity contribution is 0.196. The summed E-state index contributed by atoms with van der Waals surface area (Å²) in [5.74, 6) is 0. The van der Waals surface area contributed by atoms with Gasteiger partial charge in [-0.3, -0.25) is 0 Å². The molecule has 0 saturated carbocycles. The fourth-order valence-corrected chi connectivity index (χ4v) is 2.34. The van der Waals surface area contributed by atoms with E-state index in [1.807, 2.05) is 6.92 Å². The minimum Gasteiger partial charge on any atom is -0.393 e. The molecule has 2 heteroatoms. The average Bonchev–Trinajstić information content (AvgIpc) is 2.55. The highest BCUT2D eigenvalue weighted by Gasteiger charge is 2.12. The van der Waals surface area contributed by atoms with E-state index < -0.39 is 0 Å². The van der Waals surface area contributed by atoms with Crippen molar-refractivity contribution in [3.05, 3.63) is 35.5 Å². The molecule has 0 aliphatic heterocycles. The molecule has 0 aliphatic carbocycles. The number of hydrogen-bond acceptors (Lipinski definition) is 1. The molecule has 0 fully saturated rings. The number of aliphatic hydroxyl groups is 1. The highest BCUT2D eigenvalue weighted by atomic mass is 16.3. The molecular weight excluding hydrogens is 210 g/mol. The molecule has 92 valence electrons. The Labute approximate surface area is 103 Å². The summed E-state index contributed by atoms with van der Waals surface area (Å²) in [6, 6.07) is 6.97. The maximum absolute atomic E-state index is 9.56. The van der Waals surface area contributed by atoms with Gasteiger partial charge in [0, 0.05) is 29.6 Å². The fourth-order valence-electron chi connectivity index (χ4n) is 2.34. The van der Waals surface area contributed by atoms with Crippen molar-refractivity contribution in [3.63, 3.8) is 0 Å². The molecule has 1 heterocycles. The predicted octanol–water partition coefficient (Wildman–Crippen LogP) is 3.45. The Hall–Kier alpha value is -1.28. The first-order valence-electron chi connectivity index (χ1n) is 6.27. The topological polar surface area (TPSA) is 25.2 Å². The Morgan fingerprint density at radius 2 is 1.94 bits per heavy atom. The lowest BCUT2D eigenvalue weighted by atomic mass is 10.1. The average molecular weight is 231 g/mol. The number of benzene rings is 1. The second kappa shape index (κ2) is 4.53. The Bertz CT molecular complexity index is 523. The van der Waals surface area contributed by atoms with Crippen LogP contribution in [-0.4, -0.2) is 15.8 Å². The molecular formula is C15H21NO. The summed E-state index contributed by atoms with van der Waals surface area (Å²) in [7, 11) is 0. The molecule has 0 bridgehead atoms. The van der Waals surface area contributed by atoms with Gasteiger partial charge in [-0.25, -0.2) is 0 Å². The number of fused-ring (bicyclic) bond motifs is 1. The zero-order valence-electron chi connectivity index (χ0n) is 11.1. The Morgan fingerprint density at radius 1 is 1.24 bits per heavy atom. The third-order valence-electron chi connectivity index (χ3n) is 3.14. The normalized spacial score (nSPS) is 13.5. The van der Waals surface area contributed by atoms with E-state index in [1.165, 1.54) is 22.0 Å². The van der Waals surface area contributed by atoms with E-state index in [0.29, 0.717) is 6.04 Å². The van der Waals surface area contributed by atoms with Crippen LogP contribution in [0.15, 0.2) is 24.4 Å². The Balaban J connectivity index is 2.62. The summed E-state index contributed by atoms with van der Waals surface area (Å²) in [4.78, 5) is 0. The first-order valence-corrected chi connectivity index (χ1v) is 6.27. The van der Waals surface area contributed by atoms with E-state index in [-0.39, 0.29) is 6.10 Å². The molecule has 17 heavy (non-hydrogen) atoms. The van der Waals surface area contributed by atoms with Crippen molar-refractivity contribution in [1.82, 2.24) is 4.57 Å². The molecule has 0 spiro atoms. The summed E-state index contributed by atoms with van der Waals surface area (Å²) in [5.41, 5.74) is 3.79. The molecule has 2 rings (SSSR count). The number of rotatable bonds is 3. The molecule has 0 aliphatic rings. The van der Waals surface area contributed by atoms with Gasteiger partial charge in [0.25, 0.3) is 0 Å². The van der Waals surface area contributed by atoms with Crippen LogP contribution in [0.3, 0.4) is 0 Å². The highest BCUT2D eigenvalue weighted by Crippen LogP contribution is 2.26. The standard InChI is InChI=1S/C15H21NO/c1-10(2)16-9-13(8-12(4)17)14-6-5-11(3)7-15(14)16/h5-7,9-10,12,17H,8H2,1-4H3. The van der Waals surface area contributed by atoms with Crippen LogP contribution < -0.4 is 0 Å². The maximum Gasteiger partial charge on any atom is 0.0553 e. The SMILES string of the molecule is Cc1ccc2c(CC(C)O)cn(C(C)C)c2c1. The van der Waals surface area contributed by atoms with E-state index >= 15 is 0 Å². The predicted molar refractivity (Wildman–Crippen MR) is 72.4 cm³/mol. The van der Waals surface area contributed by atoms with E-state index in [1.54, 1.807) is 0 Å². The Morgan fingerprint density at radius 3 is 2.53 bits per heavy atom. The van der Waals surface area contributed by atoms with Crippen molar-refractivity contribution in [1.29, 1.82) is 0 Å². The van der Waals surface area contributed by atoms with E-state index in [0.717, 1.165) is 6.42 Å². The van der Waals surface area contributed by atoms with Crippen LogP contribution in [0.1, 0.15) is 37.9 Å². The first-order chi connectivity index (χ1) is 7.99. The van der Waals surface area contributed by atoms with Crippen molar-refractivity contribution >= 4 is 10.9 Å². The van der Waals surface area contributed by atoms with Crippen LogP contribution in [-0.2, 0) is 6.42 Å². The van der Waals surface area contributed by atoms with Crippen LogP contribution in [0.4, 0.5) is 0 Å². The molecule has 1 atom stereocenters. The quantitative estimate of drug-likeness (QED) is 0.860. The lowest BCUT2D eigenvalue weighted by Crippen LogP contribution is -2.03. The van der Waals surface area contributed by atoms with Gasteiger partial charge in [0.15, 0.2) is 0 Å². The molecule has 1 aromatic heterocycles. The van der Waals surface area contributed by atoms with E-state index in [2.05, 4.69) is 49.7 Å². The van der Waals surface area contributed by atoms with Crippen LogP contribution in [0.25, 0.3) is 10.9 Å². The fraction of sp³-hybridized carbons (Fsp3) is 0.467. The summed E-state index contributed by atoms with van der Waals surface area (Å²) in [5, 5.41) is 10.8. The number of aliphatic hydroxyl groups excluding tert-OH is 1. The highest BCUT2D eigenvalue weighted by molar-refractivity contribution is 5.84. The minimum absolute atomic E-state index is 0.289. The Kier molecular flexibility index (Phi) is 3.25. The zero-order chi connectivity index (χ0) is 12.6. The number of aryl methyl sites for hydroxylation is 1. The first kappa shape index (κ1) is 12.2. The largest absolute Gasteiger partial charge is 0.393 e. The summed E-state index contributed by atoms with van der Waals surface area (Å²) >= 11 is 0. The van der Waals surface area contributed by atoms with E-state index in [9.17, 15) is 5.11 Å². The smallest absolute Gasteiger partial charge is 0.0553 e. The molecule has 2 nitrogen and oxygen atoms in total. The van der Waals surface area contributed by atoms with Crippen molar-refractivity contribution < 1.29 is 5.11 Å². The van der Waals surface area contributed by atoms with Crippen LogP contribution >= 0.6 is 0 Å². The van der Waals surface area contributed by atoms with Gasteiger partial charge < -0.3 is 9.67 Å². The summed E-state index contributed by atoms with van der Waals surface area (Å²) < 4.78 is 2.29. The van der Waals surface area contributed by atoms with Crippen LogP contribution in [0.5, 0.6) is 0 Å². The second-order valence-electron chi connectivity index (χ2n) is 5.23.